The van der Waals surface area contributed by atoms with Crippen LogP contribution in [0.5, 0.6) is 11.5 Å². The predicted octanol–water partition coefficient (Wildman–Crippen LogP) is 11.7. The van der Waals surface area contributed by atoms with Gasteiger partial charge in [0, 0.05) is 43.4 Å². The Balaban J connectivity index is 1.04. The molecule has 4 nitrogen and oxygen atoms in total. The van der Waals surface area contributed by atoms with Crippen molar-refractivity contribution in [3.8, 4) is 33.8 Å². The average molecular weight is 890 g/mol. The zero-order valence-electron chi connectivity index (χ0n) is 36.1. The number of ether oxygens (including phenoxy) is 1. The van der Waals surface area contributed by atoms with E-state index in [1.54, 1.807) is 11.8 Å². The van der Waals surface area contributed by atoms with Crippen LogP contribution in [0.25, 0.3) is 22.3 Å². The van der Waals surface area contributed by atoms with Crippen molar-refractivity contribution in [3.05, 3.63) is 224 Å². The van der Waals surface area contributed by atoms with Crippen molar-refractivity contribution < 1.29 is 4.74 Å². The summed E-state index contributed by atoms with van der Waals surface area (Å²) in [6.07, 6.45) is 0. The Morgan fingerprint density at radius 3 is 1.78 bits per heavy atom. The molecule has 0 unspecified atom stereocenters. The molecular weight excluding hydrogens is 852 g/mol. The Labute approximate surface area is 399 Å². The lowest BCUT2D eigenvalue weighted by Crippen LogP contribution is -2.63. The number of nitrogens with zero attached hydrogens (tertiary/aromatic N) is 3. The molecule has 4 aliphatic heterocycles. The van der Waals surface area contributed by atoms with Crippen LogP contribution in [0.4, 0.5) is 34.3 Å². The van der Waals surface area contributed by atoms with Gasteiger partial charge in [-0.05, 0) is 105 Å². The van der Waals surface area contributed by atoms with E-state index in [0.717, 1.165) is 72.3 Å². The van der Waals surface area contributed by atoms with E-state index in [1.165, 1.54) is 48.2 Å². The number of hydrogen-bond acceptors (Lipinski definition) is 6. The van der Waals surface area contributed by atoms with Gasteiger partial charge in [0.2, 0.25) is 0 Å². The fourth-order valence-corrected chi connectivity index (χ4v) is 13.1. The van der Waals surface area contributed by atoms with Crippen LogP contribution in [0.1, 0.15) is 0 Å². The topological polar surface area (TPSA) is 28.6 Å². The summed E-state index contributed by atoms with van der Waals surface area (Å²) in [5, 5.41) is 1.01. The smallest absolute Gasteiger partial charge is 0.255 e. The number of rotatable bonds is 6. The van der Waals surface area contributed by atoms with Gasteiger partial charge in [0.15, 0.2) is 0 Å². The highest BCUT2D eigenvalue weighted by molar-refractivity contribution is 8.00. The zero-order valence-corrected chi connectivity index (χ0v) is 37.7. The SMILES string of the molecule is c1ccc(-c2cc3c4c(c2)N(c2ccccc2-c2ccccc2)c2nc5c(cc2B4c2ccccc2S3)B2c3ccccc3Oc3cc(N(c4ccccc4)c4ccccc4)cc(c32)S5)cc1. The molecule has 4 aliphatic rings. The van der Waals surface area contributed by atoms with Crippen molar-refractivity contribution in [2.24, 2.45) is 0 Å². The van der Waals surface area contributed by atoms with Gasteiger partial charge in [-0.15, -0.1) is 0 Å². The lowest BCUT2D eigenvalue weighted by molar-refractivity contribution is 0.486. The minimum Gasteiger partial charge on any atom is -0.458 e. The Morgan fingerprint density at radius 1 is 0.403 bits per heavy atom. The van der Waals surface area contributed by atoms with E-state index in [-0.39, 0.29) is 13.4 Å². The molecule has 0 aliphatic carbocycles. The van der Waals surface area contributed by atoms with Gasteiger partial charge < -0.3 is 9.64 Å². The van der Waals surface area contributed by atoms with E-state index >= 15 is 0 Å². The molecule has 0 saturated carbocycles. The molecule has 0 spiro atoms. The molecule has 0 fully saturated rings. The summed E-state index contributed by atoms with van der Waals surface area (Å²) < 4.78 is 6.98. The van der Waals surface area contributed by atoms with Crippen LogP contribution in [0, 0.1) is 0 Å². The number of benzene rings is 9. The molecule has 0 atom stereocenters. The van der Waals surface area contributed by atoms with Crippen LogP contribution in [0.15, 0.2) is 244 Å². The number of anilines is 6. The fraction of sp³-hybridized carbons (Fsp3) is 0. The molecule has 67 heavy (non-hydrogen) atoms. The third-order valence-corrected chi connectivity index (χ3v) is 15.8. The van der Waals surface area contributed by atoms with E-state index in [1.807, 2.05) is 11.8 Å². The van der Waals surface area contributed by atoms with E-state index in [0.29, 0.717) is 0 Å². The molecular formula is C59H37B2N3OS2. The van der Waals surface area contributed by atoms with E-state index in [4.69, 9.17) is 9.72 Å². The third-order valence-electron chi connectivity index (χ3n) is 13.6. The minimum absolute atomic E-state index is 0.0335. The van der Waals surface area contributed by atoms with Crippen LogP contribution in [0.3, 0.4) is 0 Å². The highest BCUT2D eigenvalue weighted by atomic mass is 32.2. The monoisotopic (exact) mass is 889 g/mol. The molecule has 0 N–H and O–H groups in total. The Morgan fingerprint density at radius 2 is 1.01 bits per heavy atom. The summed E-state index contributed by atoms with van der Waals surface area (Å²) >= 11 is 3.65. The summed E-state index contributed by atoms with van der Waals surface area (Å²) in [7, 11) is 0. The number of pyridine rings is 1. The largest absolute Gasteiger partial charge is 0.458 e. The first kappa shape index (κ1) is 38.6. The van der Waals surface area contributed by atoms with Gasteiger partial charge in [-0.1, -0.05) is 187 Å². The minimum atomic E-state index is -0.0838. The zero-order chi connectivity index (χ0) is 44.0. The van der Waals surface area contributed by atoms with Crippen molar-refractivity contribution in [1.82, 2.24) is 4.98 Å². The number of hydrogen-bond donors (Lipinski definition) is 0. The maximum Gasteiger partial charge on any atom is 0.255 e. The number of aromatic nitrogens is 1. The van der Waals surface area contributed by atoms with E-state index < -0.39 is 0 Å². The summed E-state index contributed by atoms with van der Waals surface area (Å²) in [6, 6.07) is 81.2. The van der Waals surface area contributed by atoms with Gasteiger partial charge in [-0.2, -0.15) is 0 Å². The first-order valence-corrected chi connectivity index (χ1v) is 24.4. The predicted molar refractivity (Wildman–Crippen MR) is 281 cm³/mol. The molecule has 9 aromatic carbocycles. The summed E-state index contributed by atoms with van der Waals surface area (Å²) in [5.74, 6) is 2.71. The maximum atomic E-state index is 6.98. The molecule has 0 amide bonds. The van der Waals surface area contributed by atoms with Crippen molar-refractivity contribution in [2.75, 3.05) is 9.80 Å². The molecule has 10 aromatic rings. The van der Waals surface area contributed by atoms with E-state index in [2.05, 4.69) is 234 Å². The first-order valence-electron chi connectivity index (χ1n) is 22.8. The molecule has 0 radical (unpaired) electrons. The van der Waals surface area contributed by atoms with Crippen LogP contribution in [0.2, 0.25) is 0 Å². The first-order chi connectivity index (χ1) is 33.2. The Kier molecular flexibility index (Phi) is 8.92. The summed E-state index contributed by atoms with van der Waals surface area (Å²) in [4.78, 5) is 14.5. The van der Waals surface area contributed by atoms with Gasteiger partial charge in [0.25, 0.3) is 13.4 Å². The lowest BCUT2D eigenvalue weighted by Gasteiger charge is -2.42. The number of fused-ring (bicyclic) bond motifs is 8. The number of para-hydroxylation sites is 4. The normalized spacial score (nSPS) is 13.3. The van der Waals surface area contributed by atoms with Crippen LogP contribution in [-0.4, -0.2) is 18.4 Å². The average Bonchev–Trinajstić information content (AvgIpc) is 3.39. The Bertz CT molecular complexity index is 3560. The second-order valence-corrected chi connectivity index (χ2v) is 19.5. The molecule has 0 bridgehead atoms. The van der Waals surface area contributed by atoms with Gasteiger partial charge in [0.05, 0.1) is 16.4 Å². The van der Waals surface area contributed by atoms with Crippen molar-refractivity contribution >= 4 is 104 Å². The quantitative estimate of drug-likeness (QED) is 0.155. The van der Waals surface area contributed by atoms with Crippen LogP contribution in [-0.2, 0) is 0 Å². The van der Waals surface area contributed by atoms with E-state index in [9.17, 15) is 0 Å². The van der Waals surface area contributed by atoms with Crippen molar-refractivity contribution in [3.63, 3.8) is 0 Å². The second kappa shape index (κ2) is 15.5. The van der Waals surface area contributed by atoms with Crippen molar-refractivity contribution in [2.45, 2.75) is 19.7 Å². The van der Waals surface area contributed by atoms with Gasteiger partial charge in [0.1, 0.15) is 17.3 Å². The second-order valence-electron chi connectivity index (χ2n) is 17.4. The third kappa shape index (κ3) is 6.17. The molecule has 8 heteroatoms. The van der Waals surface area contributed by atoms with Gasteiger partial charge >= 0.3 is 0 Å². The molecule has 14 rings (SSSR count). The van der Waals surface area contributed by atoms with Gasteiger partial charge in [-0.25, -0.2) is 4.98 Å². The standard InChI is InChI=1S/C59H37B2N3OS2/c1-5-19-38(20-6-1)40-33-50-56-54(34-40)66-53-32-18-15-29-46(53)61(56)47-37-48-59(62-58(47)64(50)49-30-16-13-27-44(49)39-21-7-2-8-22-39)67-55-36-43(35-52-57(55)60(48)45-28-14-17-31-51(45)65-52)63(41-23-9-3-10-24-41)42-25-11-4-12-26-42/h1-37H. The summed E-state index contributed by atoms with van der Waals surface area (Å²) in [5.41, 5.74) is 17.5. The highest BCUT2D eigenvalue weighted by Crippen LogP contribution is 2.48. The summed E-state index contributed by atoms with van der Waals surface area (Å²) in [6.45, 7) is -0.117. The lowest BCUT2D eigenvalue weighted by atomic mass is 9.32. The van der Waals surface area contributed by atoms with Crippen molar-refractivity contribution in [1.29, 1.82) is 0 Å². The highest BCUT2D eigenvalue weighted by Gasteiger charge is 2.46. The van der Waals surface area contributed by atoms with Crippen LogP contribution < -0.4 is 47.3 Å². The molecule has 0 saturated heterocycles. The fourth-order valence-electron chi connectivity index (χ4n) is 10.7. The Hall–Kier alpha value is -7.64. The molecule has 1 aromatic heterocycles. The maximum absolute atomic E-state index is 6.98. The van der Waals surface area contributed by atoms with Crippen LogP contribution >= 0.6 is 23.5 Å². The van der Waals surface area contributed by atoms with Gasteiger partial charge in [-0.3, -0.25) is 4.90 Å². The molecule has 5 heterocycles. The molecule has 312 valence electrons.